The molecule has 0 spiro atoms. The van der Waals surface area contributed by atoms with Crippen LogP contribution in [-0.4, -0.2) is 47.2 Å². The fourth-order valence-corrected chi connectivity index (χ4v) is 4.06. The summed E-state index contributed by atoms with van der Waals surface area (Å²) in [4.78, 5) is 12.6. The van der Waals surface area contributed by atoms with Crippen molar-refractivity contribution >= 4 is 5.91 Å². The molecule has 2 N–H and O–H groups in total. The zero-order valence-corrected chi connectivity index (χ0v) is 16.9. The maximum atomic E-state index is 12.6. The average Bonchev–Trinajstić information content (AvgIpc) is 3.45. The Morgan fingerprint density at radius 3 is 2.79 bits per heavy atom. The molecule has 0 atom stereocenters. The molecule has 1 saturated heterocycles. The number of nitrogens with zero attached hydrogens (tertiary/aromatic N) is 3. The number of amides is 1. The molecule has 8 nitrogen and oxygen atoms in total. The van der Waals surface area contributed by atoms with Crippen LogP contribution < -0.4 is 20.1 Å². The van der Waals surface area contributed by atoms with Gasteiger partial charge >= 0.3 is 0 Å². The second-order valence-corrected chi connectivity index (χ2v) is 7.72. The van der Waals surface area contributed by atoms with E-state index in [2.05, 4.69) is 20.9 Å². The maximum absolute atomic E-state index is 12.6. The van der Waals surface area contributed by atoms with Gasteiger partial charge in [0.1, 0.15) is 0 Å². The molecule has 2 fully saturated rings. The Hall–Kier alpha value is -2.61. The summed E-state index contributed by atoms with van der Waals surface area (Å²) in [6, 6.07) is 6.06. The molecule has 2 aromatic rings. The lowest BCUT2D eigenvalue weighted by molar-refractivity contribution is 0.0945. The van der Waals surface area contributed by atoms with Gasteiger partial charge in [0.15, 0.2) is 17.2 Å². The number of para-hydroxylation sites is 1. The highest BCUT2D eigenvalue weighted by molar-refractivity contribution is 5.91. The van der Waals surface area contributed by atoms with Gasteiger partial charge in [0.2, 0.25) is 0 Å². The molecule has 0 bridgehead atoms. The summed E-state index contributed by atoms with van der Waals surface area (Å²) < 4.78 is 13.5. The number of hydrogen-bond acceptors (Lipinski definition) is 6. The molecule has 0 radical (unpaired) electrons. The van der Waals surface area contributed by atoms with Gasteiger partial charge in [0.05, 0.1) is 25.5 Å². The molecule has 1 saturated carbocycles. The van der Waals surface area contributed by atoms with Gasteiger partial charge in [-0.15, -0.1) is 5.10 Å². The normalized spacial score (nSPS) is 18.0. The van der Waals surface area contributed by atoms with E-state index in [-0.39, 0.29) is 12.0 Å². The van der Waals surface area contributed by atoms with Crippen LogP contribution in [0.15, 0.2) is 24.4 Å². The Morgan fingerprint density at radius 2 is 2.03 bits per heavy atom. The van der Waals surface area contributed by atoms with Gasteiger partial charge < -0.3 is 20.1 Å². The van der Waals surface area contributed by atoms with Crippen LogP contribution >= 0.6 is 0 Å². The first kappa shape index (κ1) is 19.7. The molecule has 4 rings (SSSR count). The lowest BCUT2D eigenvalue weighted by Gasteiger charge is -2.22. The van der Waals surface area contributed by atoms with Crippen molar-refractivity contribution in [1.82, 2.24) is 25.6 Å². The van der Waals surface area contributed by atoms with Crippen molar-refractivity contribution in [3.05, 3.63) is 35.7 Å². The van der Waals surface area contributed by atoms with E-state index in [0.29, 0.717) is 24.0 Å². The summed E-state index contributed by atoms with van der Waals surface area (Å²) in [6.45, 7) is 2.27. The fourth-order valence-electron chi connectivity index (χ4n) is 4.06. The Bertz CT molecular complexity index is 825. The van der Waals surface area contributed by atoms with Crippen molar-refractivity contribution in [3.63, 3.8) is 0 Å². The number of piperidine rings is 1. The number of carbonyl (C=O) groups excluding carboxylic acids is 1. The second-order valence-electron chi connectivity index (χ2n) is 7.72. The molecule has 1 amide bonds. The molecular weight excluding hydrogens is 370 g/mol. The number of methoxy groups -OCH3 is 1. The summed E-state index contributed by atoms with van der Waals surface area (Å²) in [7, 11) is 1.64. The molecule has 156 valence electrons. The van der Waals surface area contributed by atoms with Crippen LogP contribution in [0, 0.1) is 0 Å². The van der Waals surface area contributed by atoms with E-state index in [0.717, 1.165) is 50.1 Å². The topological polar surface area (TPSA) is 90.3 Å². The Labute approximate surface area is 171 Å². The molecule has 1 aromatic carbocycles. The van der Waals surface area contributed by atoms with Crippen LogP contribution in [0.1, 0.15) is 60.6 Å². The van der Waals surface area contributed by atoms with E-state index in [1.54, 1.807) is 13.3 Å². The smallest absolute Gasteiger partial charge is 0.273 e. The van der Waals surface area contributed by atoms with Gasteiger partial charge in [0.25, 0.3) is 5.91 Å². The highest BCUT2D eigenvalue weighted by Gasteiger charge is 2.22. The summed E-state index contributed by atoms with van der Waals surface area (Å²) in [5.41, 5.74) is 1.24. The minimum atomic E-state index is -0.236. The van der Waals surface area contributed by atoms with Gasteiger partial charge in [-0.3, -0.25) is 4.79 Å². The first-order valence-electron chi connectivity index (χ1n) is 10.5. The lowest BCUT2D eigenvalue weighted by Crippen LogP contribution is -2.29. The third-order valence-electron chi connectivity index (χ3n) is 5.73. The number of rotatable bonds is 7. The highest BCUT2D eigenvalue weighted by Crippen LogP contribution is 2.34. The summed E-state index contributed by atoms with van der Waals surface area (Å²) in [5.74, 6) is 1.18. The number of aromatic nitrogens is 3. The molecule has 1 aliphatic heterocycles. The van der Waals surface area contributed by atoms with Gasteiger partial charge in [-0.1, -0.05) is 17.3 Å². The predicted octanol–water partition coefficient (Wildman–Crippen LogP) is 2.46. The van der Waals surface area contributed by atoms with Gasteiger partial charge in [-0.05, 0) is 57.7 Å². The number of carbonyl (C=O) groups is 1. The minimum absolute atomic E-state index is 0.214. The number of ether oxygens (including phenoxy) is 2. The van der Waals surface area contributed by atoms with E-state index >= 15 is 0 Å². The first-order valence-corrected chi connectivity index (χ1v) is 10.5. The van der Waals surface area contributed by atoms with E-state index in [1.807, 2.05) is 22.9 Å². The average molecular weight is 399 g/mol. The monoisotopic (exact) mass is 399 g/mol. The second kappa shape index (κ2) is 9.26. The molecule has 2 heterocycles. The Balaban J connectivity index is 1.41. The van der Waals surface area contributed by atoms with Gasteiger partial charge in [-0.2, -0.15) is 0 Å². The predicted molar refractivity (Wildman–Crippen MR) is 108 cm³/mol. The minimum Gasteiger partial charge on any atom is -0.493 e. The standard InChI is InChI=1S/C21H29N5O3/c1-28-19-8-4-5-15(20(19)29-17-6-2-3-7-17)13-23-21(27)18-14-26(25-24-18)16-9-11-22-12-10-16/h4-5,8,14,16-17,22H,2-3,6-7,9-13H2,1H3,(H,23,27). The summed E-state index contributed by atoms with van der Waals surface area (Å²) >= 11 is 0. The SMILES string of the molecule is COc1cccc(CNC(=O)c2cn(C3CCNCC3)nn2)c1OC1CCCC1. The molecule has 0 unspecified atom stereocenters. The van der Waals surface area contributed by atoms with Crippen LogP contribution in [0.5, 0.6) is 11.5 Å². The van der Waals surface area contributed by atoms with E-state index in [4.69, 9.17) is 9.47 Å². The lowest BCUT2D eigenvalue weighted by atomic mass is 10.1. The summed E-state index contributed by atoms with van der Waals surface area (Å²) in [5, 5.41) is 14.5. The number of hydrogen-bond donors (Lipinski definition) is 2. The van der Waals surface area contributed by atoms with Crippen molar-refractivity contribution in [2.24, 2.45) is 0 Å². The molecular formula is C21H29N5O3. The zero-order chi connectivity index (χ0) is 20.1. The first-order chi connectivity index (χ1) is 14.2. The quantitative estimate of drug-likeness (QED) is 0.743. The molecule has 8 heteroatoms. The van der Waals surface area contributed by atoms with Crippen LogP contribution in [-0.2, 0) is 6.54 Å². The molecule has 29 heavy (non-hydrogen) atoms. The van der Waals surface area contributed by atoms with Crippen LogP contribution in [0.2, 0.25) is 0 Å². The fraction of sp³-hybridized carbons (Fsp3) is 0.571. The van der Waals surface area contributed by atoms with Crippen molar-refractivity contribution in [3.8, 4) is 11.5 Å². The number of nitrogens with one attached hydrogen (secondary N) is 2. The third kappa shape index (κ3) is 4.70. The maximum Gasteiger partial charge on any atom is 0.273 e. The largest absolute Gasteiger partial charge is 0.493 e. The van der Waals surface area contributed by atoms with E-state index < -0.39 is 0 Å². The number of benzene rings is 1. The zero-order valence-electron chi connectivity index (χ0n) is 16.9. The van der Waals surface area contributed by atoms with Gasteiger partial charge in [-0.25, -0.2) is 4.68 Å². The van der Waals surface area contributed by atoms with Crippen LogP contribution in [0.4, 0.5) is 0 Å². The van der Waals surface area contributed by atoms with E-state index in [1.165, 1.54) is 12.8 Å². The van der Waals surface area contributed by atoms with Crippen LogP contribution in [0.3, 0.4) is 0 Å². The molecule has 1 aromatic heterocycles. The van der Waals surface area contributed by atoms with Gasteiger partial charge in [0, 0.05) is 12.1 Å². The molecule has 2 aliphatic rings. The van der Waals surface area contributed by atoms with Crippen molar-refractivity contribution in [2.45, 2.75) is 57.2 Å². The van der Waals surface area contributed by atoms with Crippen molar-refractivity contribution in [2.75, 3.05) is 20.2 Å². The van der Waals surface area contributed by atoms with Crippen LogP contribution in [0.25, 0.3) is 0 Å². The Kier molecular flexibility index (Phi) is 6.29. The highest BCUT2D eigenvalue weighted by atomic mass is 16.5. The van der Waals surface area contributed by atoms with Crippen molar-refractivity contribution < 1.29 is 14.3 Å². The summed E-state index contributed by atoms with van der Waals surface area (Å²) in [6.07, 6.45) is 8.45. The third-order valence-corrected chi connectivity index (χ3v) is 5.73. The Morgan fingerprint density at radius 1 is 1.24 bits per heavy atom. The van der Waals surface area contributed by atoms with Crippen molar-refractivity contribution in [1.29, 1.82) is 0 Å². The molecule has 1 aliphatic carbocycles. The van der Waals surface area contributed by atoms with E-state index in [9.17, 15) is 4.79 Å².